The van der Waals surface area contributed by atoms with Crippen molar-refractivity contribution in [1.82, 2.24) is 15.2 Å². The summed E-state index contributed by atoms with van der Waals surface area (Å²) in [6.45, 7) is 1.32. The number of aromatic nitrogens is 3. The Balaban J connectivity index is 1.20. The van der Waals surface area contributed by atoms with Crippen molar-refractivity contribution in [3.8, 4) is 23.0 Å². The number of rotatable bonds is 10. The van der Waals surface area contributed by atoms with E-state index in [0.717, 1.165) is 16.7 Å². The van der Waals surface area contributed by atoms with Gasteiger partial charge in [-0.25, -0.2) is 14.7 Å². The van der Waals surface area contributed by atoms with Gasteiger partial charge in [-0.05, 0) is 61.5 Å². The van der Waals surface area contributed by atoms with Crippen molar-refractivity contribution < 1.29 is 37.8 Å². The molecule has 214 valence electrons. The van der Waals surface area contributed by atoms with Crippen LogP contribution in [0.5, 0.6) is 11.5 Å². The fraction of sp³-hybridized carbons (Fsp3) is 0.207. The van der Waals surface area contributed by atoms with Gasteiger partial charge in [-0.3, -0.25) is 14.4 Å². The van der Waals surface area contributed by atoms with Crippen molar-refractivity contribution >= 4 is 41.0 Å². The number of carbonyl (C=O) groups excluding carboxylic acids is 4. The third-order valence-electron chi connectivity index (χ3n) is 6.29. The van der Waals surface area contributed by atoms with Gasteiger partial charge in [-0.1, -0.05) is 11.8 Å². The zero-order valence-corrected chi connectivity index (χ0v) is 23.5. The fourth-order valence-corrected chi connectivity index (χ4v) is 5.11. The number of imide groups is 1. The average molecular weight is 589 g/mol. The molecule has 3 heterocycles. The molecule has 0 saturated carbocycles. The maximum Gasteiger partial charge on any atom is 0.338 e. The Bertz CT molecular complexity index is 1670. The monoisotopic (exact) mass is 588 g/mol. The number of ether oxygens (including phenoxy) is 3. The third kappa shape index (κ3) is 6.00. The fourth-order valence-electron chi connectivity index (χ4n) is 4.18. The maximum absolute atomic E-state index is 13.1. The first-order valence-corrected chi connectivity index (χ1v) is 13.5. The van der Waals surface area contributed by atoms with Crippen LogP contribution in [0.15, 0.2) is 70.4 Å². The lowest BCUT2D eigenvalue weighted by atomic mass is 10.1. The molecule has 4 aromatic rings. The molecule has 0 spiro atoms. The summed E-state index contributed by atoms with van der Waals surface area (Å²) < 4.78 is 21.1. The third-order valence-corrected chi connectivity index (χ3v) is 7.32. The van der Waals surface area contributed by atoms with E-state index in [4.69, 9.17) is 18.6 Å². The minimum Gasteiger partial charge on any atom is -0.493 e. The molecule has 1 unspecified atom stereocenters. The first-order chi connectivity index (χ1) is 20.3. The van der Waals surface area contributed by atoms with Crippen LogP contribution in [-0.2, 0) is 14.3 Å². The van der Waals surface area contributed by atoms with Gasteiger partial charge < -0.3 is 18.6 Å². The summed E-state index contributed by atoms with van der Waals surface area (Å²) in [6.07, 6.45) is 1.40. The summed E-state index contributed by atoms with van der Waals surface area (Å²) in [4.78, 5) is 56.4. The van der Waals surface area contributed by atoms with Crippen LogP contribution in [0.4, 0.5) is 5.69 Å². The molecule has 42 heavy (non-hydrogen) atoms. The highest BCUT2D eigenvalue weighted by atomic mass is 32.2. The quantitative estimate of drug-likeness (QED) is 0.150. The molecule has 13 heteroatoms. The zero-order valence-electron chi connectivity index (χ0n) is 22.7. The van der Waals surface area contributed by atoms with E-state index in [2.05, 4.69) is 15.2 Å². The van der Waals surface area contributed by atoms with E-state index in [9.17, 15) is 19.2 Å². The van der Waals surface area contributed by atoms with Gasteiger partial charge >= 0.3 is 5.97 Å². The number of carbonyl (C=O) groups is 4. The predicted octanol–water partition coefficient (Wildman–Crippen LogP) is 3.92. The van der Waals surface area contributed by atoms with Crippen LogP contribution >= 0.6 is 11.8 Å². The summed E-state index contributed by atoms with van der Waals surface area (Å²) in [5.41, 5.74) is 1.19. The molecule has 1 aliphatic heterocycles. The van der Waals surface area contributed by atoms with Crippen molar-refractivity contribution in [2.75, 3.05) is 25.7 Å². The largest absolute Gasteiger partial charge is 0.493 e. The molecule has 0 N–H and O–H groups in total. The van der Waals surface area contributed by atoms with Gasteiger partial charge in [0.15, 0.2) is 29.6 Å². The van der Waals surface area contributed by atoms with Crippen molar-refractivity contribution in [2.45, 2.75) is 23.8 Å². The SMILES string of the molecule is COc1ccc(C(=O)COC(=O)c2ccc(N3C(=O)CC(Sc4nncc(-c5ccc(C)o5)n4)C3=O)cc2)cc1OC. The molecule has 2 amide bonds. The van der Waals surface area contributed by atoms with E-state index in [0.29, 0.717) is 40.0 Å². The standard InChI is InChI=1S/C29H24N4O8S/c1-16-4-10-22(41-16)20-14-30-32-29(31-20)42-25-13-26(35)33(27(25)36)19-8-5-17(6-9-19)28(37)40-15-21(34)18-7-11-23(38-2)24(12-18)39-3/h4-12,14,25H,13,15H2,1-3H3. The lowest BCUT2D eigenvalue weighted by Crippen LogP contribution is -2.31. The summed E-state index contributed by atoms with van der Waals surface area (Å²) in [5, 5.41) is 7.40. The molecule has 0 aliphatic carbocycles. The minimum absolute atomic E-state index is 0.0565. The maximum atomic E-state index is 13.1. The van der Waals surface area contributed by atoms with E-state index in [1.165, 1.54) is 50.7 Å². The summed E-state index contributed by atoms with van der Waals surface area (Å²) in [6, 6.07) is 13.9. The van der Waals surface area contributed by atoms with Gasteiger partial charge in [0.2, 0.25) is 17.0 Å². The molecule has 1 aliphatic rings. The molecule has 2 aromatic heterocycles. The highest BCUT2D eigenvalue weighted by Gasteiger charge is 2.41. The smallest absolute Gasteiger partial charge is 0.338 e. The Kier molecular flexibility index (Phi) is 8.29. The number of methoxy groups -OCH3 is 2. The normalized spacial score (nSPS) is 14.6. The van der Waals surface area contributed by atoms with E-state index in [1.54, 1.807) is 24.3 Å². The number of aryl methyl sites for hydroxylation is 1. The van der Waals surface area contributed by atoms with Crippen LogP contribution in [0.1, 0.15) is 32.9 Å². The minimum atomic E-state index is -0.750. The number of nitrogens with zero attached hydrogens (tertiary/aromatic N) is 4. The van der Waals surface area contributed by atoms with Gasteiger partial charge in [-0.15, -0.1) is 5.10 Å². The molecule has 1 saturated heterocycles. The second-order valence-corrected chi connectivity index (χ2v) is 10.2. The Morgan fingerprint density at radius 1 is 1.00 bits per heavy atom. The molecular formula is C29H24N4O8S. The lowest BCUT2D eigenvalue weighted by Gasteiger charge is -2.15. The number of furan rings is 1. The molecule has 1 fully saturated rings. The Morgan fingerprint density at radius 3 is 2.43 bits per heavy atom. The first-order valence-electron chi connectivity index (χ1n) is 12.6. The Labute approximate surface area is 244 Å². The molecule has 0 bridgehead atoms. The van der Waals surface area contributed by atoms with Crippen LogP contribution in [-0.4, -0.2) is 64.8 Å². The van der Waals surface area contributed by atoms with Crippen molar-refractivity contribution in [3.63, 3.8) is 0 Å². The molecule has 1 atom stereocenters. The van der Waals surface area contributed by atoms with Crippen molar-refractivity contribution in [3.05, 3.63) is 77.7 Å². The molecular weight excluding hydrogens is 564 g/mol. The zero-order chi connectivity index (χ0) is 29.8. The Hall–Kier alpha value is -5.04. The number of amides is 2. The number of thioether (sulfide) groups is 1. The van der Waals surface area contributed by atoms with Crippen LogP contribution < -0.4 is 14.4 Å². The second kappa shape index (κ2) is 12.2. The highest BCUT2D eigenvalue weighted by Crippen LogP contribution is 2.33. The number of anilines is 1. The predicted molar refractivity (Wildman–Crippen MR) is 150 cm³/mol. The van der Waals surface area contributed by atoms with Gasteiger partial charge in [0.25, 0.3) is 0 Å². The summed E-state index contributed by atoms with van der Waals surface area (Å²) in [5.74, 6) is 0.0593. The number of Topliss-reactive ketones (excluding diaryl/α,β-unsaturated/α-hetero) is 1. The molecule has 0 radical (unpaired) electrons. The van der Waals surface area contributed by atoms with E-state index >= 15 is 0 Å². The van der Waals surface area contributed by atoms with Gasteiger partial charge in [0, 0.05) is 12.0 Å². The number of ketones is 1. The molecule has 5 rings (SSSR count). The Morgan fingerprint density at radius 2 is 1.74 bits per heavy atom. The van der Waals surface area contributed by atoms with Crippen LogP contribution in [0.3, 0.4) is 0 Å². The number of hydrogen-bond donors (Lipinski definition) is 0. The number of hydrogen-bond acceptors (Lipinski definition) is 12. The van der Waals surface area contributed by atoms with Gasteiger partial charge in [-0.2, -0.15) is 5.10 Å². The lowest BCUT2D eigenvalue weighted by molar-refractivity contribution is -0.121. The first kappa shape index (κ1) is 28.5. The average Bonchev–Trinajstić information content (AvgIpc) is 3.57. The van der Waals surface area contributed by atoms with Gasteiger partial charge in [0.05, 0.1) is 31.7 Å². The van der Waals surface area contributed by atoms with E-state index in [1.807, 2.05) is 6.92 Å². The topological polar surface area (TPSA) is 151 Å². The van der Waals surface area contributed by atoms with Crippen LogP contribution in [0.25, 0.3) is 11.5 Å². The van der Waals surface area contributed by atoms with Gasteiger partial charge in [0.1, 0.15) is 16.7 Å². The summed E-state index contributed by atoms with van der Waals surface area (Å²) >= 11 is 1.04. The van der Waals surface area contributed by atoms with Crippen LogP contribution in [0, 0.1) is 6.92 Å². The molecule has 2 aromatic carbocycles. The van der Waals surface area contributed by atoms with E-state index < -0.39 is 35.4 Å². The summed E-state index contributed by atoms with van der Waals surface area (Å²) in [7, 11) is 2.93. The van der Waals surface area contributed by atoms with Crippen molar-refractivity contribution in [2.24, 2.45) is 0 Å². The number of benzene rings is 2. The molecule has 12 nitrogen and oxygen atoms in total. The van der Waals surface area contributed by atoms with Crippen molar-refractivity contribution in [1.29, 1.82) is 0 Å². The van der Waals surface area contributed by atoms with E-state index in [-0.39, 0.29) is 17.1 Å². The van der Waals surface area contributed by atoms with Crippen LogP contribution in [0.2, 0.25) is 0 Å². The highest BCUT2D eigenvalue weighted by molar-refractivity contribution is 8.00. The second-order valence-electron chi connectivity index (χ2n) is 9.03. The number of esters is 1.